The van der Waals surface area contributed by atoms with E-state index in [2.05, 4.69) is 15.4 Å². The molecule has 1 heterocycles. The highest BCUT2D eigenvalue weighted by Crippen LogP contribution is 2.20. The van der Waals surface area contributed by atoms with Gasteiger partial charge in [0.2, 0.25) is 5.95 Å². The Hall–Kier alpha value is -2.95. The lowest BCUT2D eigenvalue weighted by Gasteiger charge is -2.08. The molecule has 0 aliphatic carbocycles. The van der Waals surface area contributed by atoms with Crippen molar-refractivity contribution in [1.82, 2.24) is 14.8 Å². The molecular weight excluding hydrogens is 312 g/mol. The molecule has 3 aromatic rings. The summed E-state index contributed by atoms with van der Waals surface area (Å²) in [7, 11) is 0. The first-order chi connectivity index (χ1) is 12.0. The van der Waals surface area contributed by atoms with Gasteiger partial charge < -0.3 is 5.32 Å². The van der Waals surface area contributed by atoms with Gasteiger partial charge in [0, 0.05) is 18.0 Å². The maximum absolute atomic E-state index is 12.5. The maximum Gasteiger partial charge on any atom is 0.252 e. The summed E-state index contributed by atoms with van der Waals surface area (Å²) in [5.74, 6) is 0.772. The number of carbonyl (C=O) groups excluding carboxylic acids is 1. The number of aromatic nitrogens is 3. The Labute approximate surface area is 147 Å². The lowest BCUT2D eigenvalue weighted by atomic mass is 10.1. The number of nitrogens with one attached hydrogen (secondary N) is 1. The fourth-order valence-electron chi connectivity index (χ4n) is 2.43. The molecule has 0 atom stereocenters. The van der Waals surface area contributed by atoms with Crippen molar-refractivity contribution >= 4 is 11.9 Å². The third kappa shape index (κ3) is 3.94. The van der Waals surface area contributed by atoms with Crippen molar-refractivity contribution in [2.75, 3.05) is 5.32 Å². The van der Waals surface area contributed by atoms with Crippen molar-refractivity contribution in [3.63, 3.8) is 0 Å². The number of rotatable bonds is 5. The van der Waals surface area contributed by atoms with Crippen LogP contribution in [0.3, 0.4) is 0 Å². The van der Waals surface area contributed by atoms with E-state index in [1.807, 2.05) is 75.4 Å². The molecule has 0 unspecified atom stereocenters. The number of anilines is 1. The monoisotopic (exact) mass is 334 g/mol. The van der Waals surface area contributed by atoms with Crippen LogP contribution in [-0.2, 0) is 6.54 Å². The molecule has 0 spiro atoms. The first kappa shape index (κ1) is 16.9. The average molecular weight is 334 g/mol. The summed E-state index contributed by atoms with van der Waals surface area (Å²) in [4.78, 5) is 17.0. The van der Waals surface area contributed by atoms with Crippen LogP contribution in [0.4, 0.5) is 5.95 Å². The molecule has 5 nitrogen and oxygen atoms in total. The second-order valence-corrected chi connectivity index (χ2v) is 6.37. The molecule has 3 rings (SSSR count). The number of benzene rings is 2. The molecule has 0 fully saturated rings. The fourth-order valence-corrected chi connectivity index (χ4v) is 2.43. The standard InChI is InChI=1S/C20H22N4O/c1-14(2)19(25)24-20(21-13-16-7-5-4-6-8-16)22-18(23-24)17-11-9-15(3)10-12-17/h4-12,14H,13H2,1-3H3,(H,21,22,23). The van der Waals surface area contributed by atoms with Crippen molar-refractivity contribution in [3.05, 3.63) is 65.7 Å². The van der Waals surface area contributed by atoms with Crippen molar-refractivity contribution in [2.45, 2.75) is 27.3 Å². The predicted molar refractivity (Wildman–Crippen MR) is 99.4 cm³/mol. The summed E-state index contributed by atoms with van der Waals surface area (Å²) >= 11 is 0. The summed E-state index contributed by atoms with van der Waals surface area (Å²) < 4.78 is 1.38. The lowest BCUT2D eigenvalue weighted by Crippen LogP contribution is -2.21. The van der Waals surface area contributed by atoms with Crippen LogP contribution in [0.5, 0.6) is 0 Å². The smallest absolute Gasteiger partial charge is 0.252 e. The third-order valence-electron chi connectivity index (χ3n) is 3.91. The van der Waals surface area contributed by atoms with Gasteiger partial charge in [-0.2, -0.15) is 9.67 Å². The molecule has 5 heteroatoms. The lowest BCUT2D eigenvalue weighted by molar-refractivity contribution is 0.0841. The molecule has 128 valence electrons. The van der Waals surface area contributed by atoms with E-state index in [1.54, 1.807) is 0 Å². The normalized spacial score (nSPS) is 10.9. The van der Waals surface area contributed by atoms with Crippen LogP contribution < -0.4 is 5.32 Å². The van der Waals surface area contributed by atoms with Gasteiger partial charge in [0.15, 0.2) is 5.82 Å². The Bertz CT molecular complexity index is 851. The minimum atomic E-state index is -0.162. The molecule has 0 aliphatic heterocycles. The Morgan fingerprint density at radius 3 is 2.40 bits per heavy atom. The van der Waals surface area contributed by atoms with E-state index in [4.69, 9.17) is 0 Å². The number of hydrogen-bond acceptors (Lipinski definition) is 4. The maximum atomic E-state index is 12.5. The molecule has 0 bridgehead atoms. The van der Waals surface area contributed by atoms with E-state index in [1.165, 1.54) is 10.2 Å². The molecule has 0 aliphatic rings. The molecule has 0 amide bonds. The highest BCUT2D eigenvalue weighted by atomic mass is 16.2. The Kier molecular flexibility index (Phi) is 4.93. The molecule has 0 radical (unpaired) electrons. The van der Waals surface area contributed by atoms with Gasteiger partial charge in [-0.25, -0.2) is 0 Å². The van der Waals surface area contributed by atoms with Gasteiger partial charge in [-0.3, -0.25) is 4.79 Å². The molecule has 1 aromatic heterocycles. The molecular formula is C20H22N4O. The van der Waals surface area contributed by atoms with E-state index in [0.29, 0.717) is 18.3 Å². The quantitative estimate of drug-likeness (QED) is 0.761. The second-order valence-electron chi connectivity index (χ2n) is 6.37. The molecule has 1 N–H and O–H groups in total. The molecule has 2 aromatic carbocycles. The van der Waals surface area contributed by atoms with Crippen molar-refractivity contribution in [3.8, 4) is 11.4 Å². The van der Waals surface area contributed by atoms with Crippen molar-refractivity contribution < 1.29 is 4.79 Å². The van der Waals surface area contributed by atoms with E-state index < -0.39 is 0 Å². The minimum absolute atomic E-state index is 0.0820. The average Bonchev–Trinajstić information content (AvgIpc) is 3.05. The van der Waals surface area contributed by atoms with Gasteiger partial charge in [-0.1, -0.05) is 74.0 Å². The Morgan fingerprint density at radius 1 is 1.08 bits per heavy atom. The Morgan fingerprint density at radius 2 is 1.76 bits per heavy atom. The van der Waals surface area contributed by atoms with Gasteiger partial charge in [0.1, 0.15) is 0 Å². The van der Waals surface area contributed by atoms with Gasteiger partial charge >= 0.3 is 0 Å². The van der Waals surface area contributed by atoms with Crippen LogP contribution in [0.25, 0.3) is 11.4 Å². The summed E-state index contributed by atoms with van der Waals surface area (Å²) in [6, 6.07) is 18.0. The van der Waals surface area contributed by atoms with Crippen LogP contribution >= 0.6 is 0 Å². The first-order valence-electron chi connectivity index (χ1n) is 8.40. The third-order valence-corrected chi connectivity index (χ3v) is 3.91. The van der Waals surface area contributed by atoms with Crippen LogP contribution in [0.2, 0.25) is 0 Å². The number of nitrogens with zero attached hydrogens (tertiary/aromatic N) is 3. The van der Waals surface area contributed by atoms with E-state index in [9.17, 15) is 4.79 Å². The van der Waals surface area contributed by atoms with Crippen LogP contribution in [0, 0.1) is 12.8 Å². The van der Waals surface area contributed by atoms with Crippen LogP contribution in [0.1, 0.15) is 29.8 Å². The SMILES string of the molecule is Cc1ccc(-c2nc(NCc3ccccc3)n(C(=O)C(C)C)n2)cc1. The summed E-state index contributed by atoms with van der Waals surface area (Å²) in [6.45, 7) is 6.33. The number of carbonyl (C=O) groups is 1. The molecule has 0 saturated heterocycles. The van der Waals surface area contributed by atoms with Gasteiger partial charge in [-0.05, 0) is 12.5 Å². The molecule has 25 heavy (non-hydrogen) atoms. The topological polar surface area (TPSA) is 59.8 Å². The zero-order valence-corrected chi connectivity index (χ0v) is 14.7. The summed E-state index contributed by atoms with van der Waals surface area (Å²) in [6.07, 6.45) is 0. The predicted octanol–water partition coefficient (Wildman–Crippen LogP) is 4.16. The minimum Gasteiger partial charge on any atom is -0.350 e. The summed E-state index contributed by atoms with van der Waals surface area (Å²) in [5.41, 5.74) is 3.18. The van der Waals surface area contributed by atoms with Crippen LogP contribution in [-0.4, -0.2) is 20.7 Å². The zero-order valence-electron chi connectivity index (χ0n) is 14.7. The summed E-state index contributed by atoms with van der Waals surface area (Å²) in [5, 5.41) is 7.67. The highest BCUT2D eigenvalue weighted by molar-refractivity contribution is 5.83. The first-order valence-corrected chi connectivity index (χ1v) is 8.40. The number of aryl methyl sites for hydroxylation is 1. The van der Waals surface area contributed by atoms with E-state index in [0.717, 1.165) is 11.1 Å². The van der Waals surface area contributed by atoms with Gasteiger partial charge in [0.05, 0.1) is 0 Å². The number of hydrogen-bond donors (Lipinski definition) is 1. The highest BCUT2D eigenvalue weighted by Gasteiger charge is 2.19. The fraction of sp³-hybridized carbons (Fsp3) is 0.250. The van der Waals surface area contributed by atoms with Crippen LogP contribution in [0.15, 0.2) is 54.6 Å². The largest absolute Gasteiger partial charge is 0.350 e. The van der Waals surface area contributed by atoms with Crippen molar-refractivity contribution in [1.29, 1.82) is 0 Å². The second kappa shape index (κ2) is 7.30. The van der Waals surface area contributed by atoms with Gasteiger partial charge in [0.25, 0.3) is 5.91 Å². The Balaban J connectivity index is 1.91. The van der Waals surface area contributed by atoms with Gasteiger partial charge in [-0.15, -0.1) is 5.10 Å². The van der Waals surface area contributed by atoms with Crippen molar-refractivity contribution in [2.24, 2.45) is 5.92 Å². The zero-order chi connectivity index (χ0) is 17.8. The molecule has 0 saturated carbocycles. The van der Waals surface area contributed by atoms with E-state index in [-0.39, 0.29) is 11.8 Å². The van der Waals surface area contributed by atoms with E-state index >= 15 is 0 Å².